The molecule has 2 aliphatic rings. The Labute approximate surface area is 105 Å². The van der Waals surface area contributed by atoms with Gasteiger partial charge in [0.25, 0.3) is 0 Å². The number of nitrogens with zero attached hydrogens (tertiary/aromatic N) is 2. The van der Waals surface area contributed by atoms with E-state index in [0.29, 0.717) is 5.92 Å². The smallest absolute Gasteiger partial charge is 0.184 e. The summed E-state index contributed by atoms with van der Waals surface area (Å²) >= 11 is 0. The number of aromatic nitrogens is 3. The molecule has 2 aromatic rings. The molecule has 4 heteroatoms. The quantitative estimate of drug-likeness (QED) is 0.879. The standard InChI is InChI=1S/C14H15N3O/c1-4-10(5-1)13-15-14(17-16-13)11-6-2-3-9-7-8-18-12(9)11/h2-3,6,10H,1,4-5,7-8H2,(H,15,16,17). The summed E-state index contributed by atoms with van der Waals surface area (Å²) in [4.78, 5) is 4.63. The fraction of sp³-hybridized carbons (Fsp3) is 0.429. The van der Waals surface area contributed by atoms with E-state index in [1.54, 1.807) is 0 Å². The van der Waals surface area contributed by atoms with Crippen LogP contribution in [0.15, 0.2) is 18.2 Å². The predicted octanol–water partition coefficient (Wildman–Crippen LogP) is 2.67. The van der Waals surface area contributed by atoms with E-state index in [9.17, 15) is 0 Å². The predicted molar refractivity (Wildman–Crippen MR) is 67.6 cm³/mol. The summed E-state index contributed by atoms with van der Waals surface area (Å²) in [6, 6.07) is 6.21. The van der Waals surface area contributed by atoms with Crippen LogP contribution >= 0.6 is 0 Å². The maximum Gasteiger partial charge on any atom is 0.184 e. The molecule has 0 saturated heterocycles. The number of ether oxygens (including phenoxy) is 1. The number of benzene rings is 1. The maximum atomic E-state index is 5.70. The zero-order valence-corrected chi connectivity index (χ0v) is 10.1. The molecule has 0 amide bonds. The average molecular weight is 241 g/mol. The van der Waals surface area contributed by atoms with Gasteiger partial charge >= 0.3 is 0 Å². The van der Waals surface area contributed by atoms with Gasteiger partial charge in [0, 0.05) is 12.3 Å². The highest BCUT2D eigenvalue weighted by molar-refractivity contribution is 5.67. The molecule has 2 heterocycles. The van der Waals surface area contributed by atoms with Crippen molar-refractivity contribution in [1.29, 1.82) is 0 Å². The molecule has 4 rings (SSSR count). The molecule has 0 atom stereocenters. The van der Waals surface area contributed by atoms with Crippen LogP contribution in [0, 0.1) is 0 Å². The van der Waals surface area contributed by atoms with E-state index in [0.717, 1.165) is 36.0 Å². The highest BCUT2D eigenvalue weighted by Gasteiger charge is 2.25. The summed E-state index contributed by atoms with van der Waals surface area (Å²) in [5, 5.41) is 7.43. The number of nitrogens with one attached hydrogen (secondary N) is 1. The highest BCUT2D eigenvalue weighted by atomic mass is 16.5. The van der Waals surface area contributed by atoms with E-state index in [1.807, 2.05) is 6.07 Å². The van der Waals surface area contributed by atoms with Crippen LogP contribution in [0.2, 0.25) is 0 Å². The molecule has 1 aliphatic carbocycles. The Morgan fingerprint density at radius 1 is 1.28 bits per heavy atom. The lowest BCUT2D eigenvalue weighted by Crippen LogP contribution is -2.10. The van der Waals surface area contributed by atoms with Gasteiger partial charge in [-0.25, -0.2) is 4.98 Å². The van der Waals surface area contributed by atoms with E-state index < -0.39 is 0 Å². The third-order valence-corrected chi connectivity index (χ3v) is 3.95. The molecule has 1 fully saturated rings. The Balaban J connectivity index is 1.74. The maximum absolute atomic E-state index is 5.70. The number of H-pyrrole nitrogens is 1. The average Bonchev–Trinajstić information content (AvgIpc) is 2.93. The number of rotatable bonds is 2. The molecular formula is C14H15N3O. The number of fused-ring (bicyclic) bond motifs is 1. The van der Waals surface area contributed by atoms with Gasteiger partial charge in [0.1, 0.15) is 11.6 Å². The van der Waals surface area contributed by atoms with Crippen molar-refractivity contribution in [2.75, 3.05) is 6.61 Å². The Morgan fingerprint density at radius 3 is 3.06 bits per heavy atom. The van der Waals surface area contributed by atoms with Gasteiger partial charge in [0.05, 0.1) is 12.2 Å². The number of aromatic amines is 1. The first kappa shape index (κ1) is 10.1. The second-order valence-corrected chi connectivity index (χ2v) is 5.06. The van der Waals surface area contributed by atoms with Crippen molar-refractivity contribution in [3.8, 4) is 17.1 Å². The van der Waals surface area contributed by atoms with Gasteiger partial charge in [-0.3, -0.25) is 5.10 Å². The van der Waals surface area contributed by atoms with Gasteiger partial charge < -0.3 is 4.74 Å². The first-order valence-electron chi connectivity index (χ1n) is 6.59. The molecule has 1 aromatic heterocycles. The summed E-state index contributed by atoms with van der Waals surface area (Å²) in [5.41, 5.74) is 2.29. The summed E-state index contributed by atoms with van der Waals surface area (Å²) in [6.45, 7) is 0.770. The van der Waals surface area contributed by atoms with Crippen molar-refractivity contribution < 1.29 is 4.74 Å². The van der Waals surface area contributed by atoms with E-state index >= 15 is 0 Å². The van der Waals surface area contributed by atoms with Crippen LogP contribution in [-0.4, -0.2) is 21.8 Å². The van der Waals surface area contributed by atoms with Crippen LogP contribution in [0.1, 0.15) is 36.6 Å². The van der Waals surface area contributed by atoms with Crippen molar-refractivity contribution >= 4 is 0 Å². The minimum atomic E-state index is 0.587. The van der Waals surface area contributed by atoms with E-state index in [2.05, 4.69) is 27.3 Å². The molecule has 1 N–H and O–H groups in total. The first-order chi connectivity index (χ1) is 8.92. The third kappa shape index (κ3) is 1.45. The fourth-order valence-corrected chi connectivity index (χ4v) is 2.65. The van der Waals surface area contributed by atoms with Crippen LogP contribution in [0.25, 0.3) is 11.4 Å². The number of hydrogen-bond donors (Lipinski definition) is 1. The molecule has 0 spiro atoms. The monoisotopic (exact) mass is 241 g/mol. The largest absolute Gasteiger partial charge is 0.492 e. The van der Waals surface area contributed by atoms with Crippen molar-refractivity contribution in [2.24, 2.45) is 0 Å². The summed E-state index contributed by atoms with van der Waals surface area (Å²) in [7, 11) is 0. The van der Waals surface area contributed by atoms with Crippen LogP contribution in [0.5, 0.6) is 5.75 Å². The summed E-state index contributed by atoms with van der Waals surface area (Å²) < 4.78 is 5.70. The van der Waals surface area contributed by atoms with Gasteiger partial charge in [-0.2, -0.15) is 5.10 Å². The minimum absolute atomic E-state index is 0.587. The van der Waals surface area contributed by atoms with Crippen LogP contribution in [-0.2, 0) is 6.42 Å². The van der Waals surface area contributed by atoms with Crippen LogP contribution in [0.4, 0.5) is 0 Å². The lowest BCUT2D eigenvalue weighted by atomic mass is 9.85. The molecular weight excluding hydrogens is 226 g/mol. The van der Waals surface area contributed by atoms with Gasteiger partial charge in [-0.15, -0.1) is 0 Å². The SMILES string of the molecule is c1cc2c(c(-c3n[nH]c(C4CCC4)n3)c1)OCC2. The van der Waals surface area contributed by atoms with Crippen molar-refractivity contribution in [2.45, 2.75) is 31.6 Å². The summed E-state index contributed by atoms with van der Waals surface area (Å²) in [5.74, 6) is 3.36. The van der Waals surface area contributed by atoms with Gasteiger partial charge in [-0.1, -0.05) is 18.6 Å². The zero-order chi connectivity index (χ0) is 11.9. The molecule has 0 bridgehead atoms. The Hall–Kier alpha value is -1.84. The van der Waals surface area contributed by atoms with Gasteiger partial charge in [0.2, 0.25) is 0 Å². The van der Waals surface area contributed by atoms with Crippen molar-refractivity contribution in [3.63, 3.8) is 0 Å². The lowest BCUT2D eigenvalue weighted by molar-refractivity contribution is 0.358. The second kappa shape index (κ2) is 3.83. The van der Waals surface area contributed by atoms with E-state index in [4.69, 9.17) is 4.74 Å². The Kier molecular flexibility index (Phi) is 2.15. The number of para-hydroxylation sites is 1. The molecule has 1 saturated carbocycles. The van der Waals surface area contributed by atoms with E-state index in [-0.39, 0.29) is 0 Å². The van der Waals surface area contributed by atoms with Gasteiger partial charge in [-0.05, 0) is 24.5 Å². The van der Waals surface area contributed by atoms with Crippen molar-refractivity contribution in [1.82, 2.24) is 15.2 Å². The first-order valence-corrected chi connectivity index (χ1v) is 6.59. The molecule has 0 radical (unpaired) electrons. The molecule has 18 heavy (non-hydrogen) atoms. The van der Waals surface area contributed by atoms with Crippen molar-refractivity contribution in [3.05, 3.63) is 29.6 Å². The highest BCUT2D eigenvalue weighted by Crippen LogP contribution is 2.38. The molecule has 4 nitrogen and oxygen atoms in total. The Bertz CT molecular complexity index is 586. The minimum Gasteiger partial charge on any atom is -0.492 e. The molecule has 92 valence electrons. The summed E-state index contributed by atoms with van der Waals surface area (Å²) in [6.07, 6.45) is 4.77. The van der Waals surface area contributed by atoms with Crippen LogP contribution in [0.3, 0.4) is 0 Å². The fourth-order valence-electron chi connectivity index (χ4n) is 2.65. The lowest BCUT2D eigenvalue weighted by Gasteiger charge is -2.22. The van der Waals surface area contributed by atoms with E-state index in [1.165, 1.54) is 24.8 Å². The molecule has 1 aromatic carbocycles. The normalized spacial score (nSPS) is 18.2. The molecule has 1 aliphatic heterocycles. The third-order valence-electron chi connectivity index (χ3n) is 3.95. The zero-order valence-electron chi connectivity index (χ0n) is 10.1. The number of hydrogen-bond acceptors (Lipinski definition) is 3. The Morgan fingerprint density at radius 2 is 2.22 bits per heavy atom. The van der Waals surface area contributed by atoms with Gasteiger partial charge in [0.15, 0.2) is 5.82 Å². The topological polar surface area (TPSA) is 50.8 Å². The van der Waals surface area contributed by atoms with Crippen LogP contribution < -0.4 is 4.74 Å². The second-order valence-electron chi connectivity index (χ2n) is 5.06. The molecule has 0 unspecified atom stereocenters.